The Morgan fingerprint density at radius 1 is 1.27 bits per heavy atom. The fourth-order valence-corrected chi connectivity index (χ4v) is 2.63. The molecule has 1 heterocycles. The molecular weight excluding hydrogens is 204 g/mol. The average Bonchev–Trinajstić information content (AvgIpc) is 2.97. The fraction of sp³-hybridized carbons (Fsp3) is 0.333. The number of aromatic nitrogens is 2. The molecule has 1 aromatic heterocycles. The highest BCUT2D eigenvalue weighted by molar-refractivity contribution is 7.14. The highest BCUT2D eigenvalue weighted by atomic mass is 32.1. The maximum Gasteiger partial charge on any atom is 0.147 e. The molecular formula is C12H12N2S. The normalized spacial score (nSPS) is 15.5. The first-order chi connectivity index (χ1) is 7.33. The van der Waals surface area contributed by atoms with Crippen LogP contribution in [0.1, 0.15) is 29.3 Å². The average molecular weight is 216 g/mol. The summed E-state index contributed by atoms with van der Waals surface area (Å²) in [6.45, 7) is 2.10. The summed E-state index contributed by atoms with van der Waals surface area (Å²) in [7, 11) is 0. The molecule has 0 radical (unpaired) electrons. The van der Waals surface area contributed by atoms with Crippen LogP contribution in [-0.4, -0.2) is 10.2 Å². The third kappa shape index (κ3) is 1.79. The summed E-state index contributed by atoms with van der Waals surface area (Å²) < 4.78 is 0. The first-order valence-corrected chi connectivity index (χ1v) is 6.05. The summed E-state index contributed by atoms with van der Waals surface area (Å²) >= 11 is 1.74. The molecule has 3 heteroatoms. The van der Waals surface area contributed by atoms with E-state index in [1.807, 2.05) is 0 Å². The van der Waals surface area contributed by atoms with Gasteiger partial charge >= 0.3 is 0 Å². The van der Waals surface area contributed by atoms with Crippen LogP contribution < -0.4 is 0 Å². The van der Waals surface area contributed by atoms with Gasteiger partial charge in [0.2, 0.25) is 0 Å². The molecule has 1 aromatic carbocycles. The van der Waals surface area contributed by atoms with Crippen LogP contribution in [0.2, 0.25) is 0 Å². The van der Waals surface area contributed by atoms with Crippen molar-refractivity contribution in [1.82, 2.24) is 10.2 Å². The van der Waals surface area contributed by atoms with Crippen LogP contribution >= 0.6 is 11.3 Å². The predicted octanol–water partition coefficient (Wildman–Crippen LogP) is 3.39. The molecule has 0 atom stereocenters. The van der Waals surface area contributed by atoms with Crippen LogP contribution in [0.15, 0.2) is 24.3 Å². The van der Waals surface area contributed by atoms with E-state index >= 15 is 0 Å². The summed E-state index contributed by atoms with van der Waals surface area (Å²) in [5.41, 5.74) is 2.47. The SMILES string of the molecule is Cc1cccc(-c2nnc(C3CC3)s2)c1. The van der Waals surface area contributed by atoms with Crippen LogP contribution in [0, 0.1) is 6.92 Å². The van der Waals surface area contributed by atoms with Gasteiger partial charge in [-0.15, -0.1) is 10.2 Å². The smallest absolute Gasteiger partial charge is 0.143 e. The second-order valence-corrected chi connectivity index (χ2v) is 5.10. The van der Waals surface area contributed by atoms with Crippen molar-refractivity contribution in [3.63, 3.8) is 0 Å². The molecule has 0 amide bonds. The molecule has 3 rings (SSSR count). The second-order valence-electron chi connectivity index (χ2n) is 4.09. The first-order valence-electron chi connectivity index (χ1n) is 5.23. The maximum absolute atomic E-state index is 4.26. The van der Waals surface area contributed by atoms with Crippen molar-refractivity contribution < 1.29 is 0 Å². The van der Waals surface area contributed by atoms with Crippen molar-refractivity contribution in [3.05, 3.63) is 34.8 Å². The van der Waals surface area contributed by atoms with Gasteiger partial charge < -0.3 is 0 Å². The van der Waals surface area contributed by atoms with Gasteiger partial charge in [-0.1, -0.05) is 35.1 Å². The Kier molecular flexibility index (Phi) is 2.06. The third-order valence-electron chi connectivity index (χ3n) is 2.63. The van der Waals surface area contributed by atoms with Crippen LogP contribution in [0.5, 0.6) is 0 Å². The molecule has 0 spiro atoms. The second kappa shape index (κ2) is 3.42. The lowest BCUT2D eigenvalue weighted by atomic mass is 10.1. The van der Waals surface area contributed by atoms with Crippen molar-refractivity contribution in [2.24, 2.45) is 0 Å². The lowest BCUT2D eigenvalue weighted by Gasteiger charge is -1.95. The Balaban J connectivity index is 1.97. The Labute approximate surface area is 93.0 Å². The fourth-order valence-electron chi connectivity index (χ4n) is 1.62. The van der Waals surface area contributed by atoms with E-state index in [1.54, 1.807) is 11.3 Å². The maximum atomic E-state index is 4.26. The van der Waals surface area contributed by atoms with E-state index in [0.29, 0.717) is 5.92 Å². The molecule has 2 aromatic rings. The lowest BCUT2D eigenvalue weighted by molar-refractivity contribution is 0.978. The number of aryl methyl sites for hydroxylation is 1. The molecule has 15 heavy (non-hydrogen) atoms. The van der Waals surface area contributed by atoms with Crippen molar-refractivity contribution in [2.45, 2.75) is 25.7 Å². The summed E-state index contributed by atoms with van der Waals surface area (Å²) in [4.78, 5) is 0. The monoisotopic (exact) mass is 216 g/mol. The number of benzene rings is 1. The molecule has 0 aliphatic heterocycles. The van der Waals surface area contributed by atoms with E-state index in [2.05, 4.69) is 41.4 Å². The largest absolute Gasteiger partial charge is 0.147 e. The minimum absolute atomic E-state index is 0.709. The van der Waals surface area contributed by atoms with Crippen molar-refractivity contribution in [2.75, 3.05) is 0 Å². The summed E-state index contributed by atoms with van der Waals surface area (Å²) in [5.74, 6) is 0.709. The van der Waals surface area contributed by atoms with Crippen molar-refractivity contribution >= 4 is 11.3 Å². The third-order valence-corrected chi connectivity index (χ3v) is 3.77. The number of hydrogen-bond donors (Lipinski definition) is 0. The van der Waals surface area contributed by atoms with Crippen LogP contribution in [0.4, 0.5) is 0 Å². The van der Waals surface area contributed by atoms with Crippen LogP contribution in [0.25, 0.3) is 10.6 Å². The summed E-state index contributed by atoms with van der Waals surface area (Å²) in [5, 5.41) is 10.8. The Morgan fingerprint density at radius 3 is 2.87 bits per heavy atom. The van der Waals surface area contributed by atoms with Gasteiger partial charge in [-0.3, -0.25) is 0 Å². The van der Waals surface area contributed by atoms with Gasteiger partial charge in [0, 0.05) is 11.5 Å². The van der Waals surface area contributed by atoms with Gasteiger partial charge in [0.25, 0.3) is 0 Å². The van der Waals surface area contributed by atoms with Gasteiger partial charge in [-0.25, -0.2) is 0 Å². The van der Waals surface area contributed by atoms with E-state index < -0.39 is 0 Å². The molecule has 76 valence electrons. The number of nitrogens with zero attached hydrogens (tertiary/aromatic N) is 2. The van der Waals surface area contributed by atoms with E-state index in [1.165, 1.54) is 29.0 Å². The van der Waals surface area contributed by atoms with Crippen molar-refractivity contribution in [3.8, 4) is 10.6 Å². The van der Waals surface area contributed by atoms with E-state index in [9.17, 15) is 0 Å². The highest BCUT2D eigenvalue weighted by Gasteiger charge is 2.27. The van der Waals surface area contributed by atoms with Gasteiger partial charge in [0.15, 0.2) is 0 Å². The summed E-state index contributed by atoms with van der Waals surface area (Å²) in [6, 6.07) is 8.44. The van der Waals surface area contributed by atoms with Gasteiger partial charge in [0.1, 0.15) is 10.0 Å². The minimum Gasteiger partial charge on any atom is -0.143 e. The zero-order chi connectivity index (χ0) is 10.3. The summed E-state index contributed by atoms with van der Waals surface area (Å²) in [6.07, 6.45) is 2.59. The van der Waals surface area contributed by atoms with E-state index in [-0.39, 0.29) is 0 Å². The lowest BCUT2D eigenvalue weighted by Crippen LogP contribution is -1.78. The molecule has 1 aliphatic rings. The standard InChI is InChI=1S/C12H12N2S/c1-8-3-2-4-10(7-8)12-14-13-11(15-12)9-5-6-9/h2-4,7,9H,5-6H2,1H3. The number of hydrogen-bond acceptors (Lipinski definition) is 3. The molecule has 1 aliphatic carbocycles. The molecule has 1 fully saturated rings. The Morgan fingerprint density at radius 2 is 2.13 bits per heavy atom. The highest BCUT2D eigenvalue weighted by Crippen LogP contribution is 2.42. The first kappa shape index (κ1) is 9.04. The van der Waals surface area contributed by atoms with E-state index in [0.717, 1.165) is 5.01 Å². The quantitative estimate of drug-likeness (QED) is 0.769. The zero-order valence-corrected chi connectivity index (χ0v) is 9.42. The van der Waals surface area contributed by atoms with E-state index in [4.69, 9.17) is 0 Å². The molecule has 1 saturated carbocycles. The van der Waals surface area contributed by atoms with Crippen molar-refractivity contribution in [1.29, 1.82) is 0 Å². The van der Waals surface area contributed by atoms with Gasteiger partial charge in [-0.05, 0) is 25.8 Å². The molecule has 0 saturated heterocycles. The Bertz CT molecular complexity index is 486. The topological polar surface area (TPSA) is 25.8 Å². The Hall–Kier alpha value is -1.22. The van der Waals surface area contributed by atoms with Gasteiger partial charge in [0.05, 0.1) is 0 Å². The number of rotatable bonds is 2. The molecule has 0 unspecified atom stereocenters. The minimum atomic E-state index is 0.709. The van der Waals surface area contributed by atoms with Gasteiger partial charge in [-0.2, -0.15) is 0 Å². The molecule has 0 N–H and O–H groups in total. The van der Waals surface area contributed by atoms with Crippen LogP contribution in [-0.2, 0) is 0 Å². The molecule has 0 bridgehead atoms. The predicted molar refractivity (Wildman–Crippen MR) is 62.1 cm³/mol. The zero-order valence-electron chi connectivity index (χ0n) is 8.60. The molecule has 2 nitrogen and oxygen atoms in total. The van der Waals surface area contributed by atoms with Crippen LogP contribution in [0.3, 0.4) is 0 Å².